The fourth-order valence-corrected chi connectivity index (χ4v) is 2.37. The van der Waals surface area contributed by atoms with E-state index < -0.39 is 17.6 Å². The van der Waals surface area contributed by atoms with Crippen molar-refractivity contribution < 1.29 is 18.0 Å². The van der Waals surface area contributed by atoms with E-state index in [0.717, 1.165) is 11.6 Å². The molecule has 7 heteroatoms. The molecule has 2 aromatic rings. The average Bonchev–Trinajstić information content (AvgIpc) is 2.53. The van der Waals surface area contributed by atoms with Crippen molar-refractivity contribution in [3.05, 3.63) is 64.7 Å². The minimum atomic E-state index is -4.55. The fraction of sp³-hybridized carbons (Fsp3) is 0.235. The van der Waals surface area contributed by atoms with Crippen LogP contribution in [0.4, 0.5) is 18.9 Å². The molecule has 2 rings (SSSR count). The molecular weight excluding hydrogens is 341 g/mol. The molecule has 0 bridgehead atoms. The maximum Gasteiger partial charge on any atom is 0.418 e. The van der Waals surface area contributed by atoms with Crippen LogP contribution < -0.4 is 10.6 Å². The van der Waals surface area contributed by atoms with Crippen LogP contribution in [0.2, 0.25) is 5.02 Å². The van der Waals surface area contributed by atoms with Crippen LogP contribution in [0.1, 0.15) is 24.1 Å². The zero-order valence-electron chi connectivity index (χ0n) is 12.8. The molecule has 0 spiro atoms. The zero-order valence-corrected chi connectivity index (χ0v) is 13.6. The van der Waals surface area contributed by atoms with Gasteiger partial charge in [0.25, 0.3) is 0 Å². The smallest absolute Gasteiger partial charge is 0.376 e. The number of alkyl halides is 3. The lowest BCUT2D eigenvalue weighted by atomic mass is 10.1. The summed E-state index contributed by atoms with van der Waals surface area (Å²) in [6.45, 7) is 1.53. The second kappa shape index (κ2) is 7.57. The van der Waals surface area contributed by atoms with Gasteiger partial charge in [-0.3, -0.25) is 4.79 Å². The lowest BCUT2D eigenvalue weighted by molar-refractivity contribution is -0.137. The van der Waals surface area contributed by atoms with Gasteiger partial charge in [0.15, 0.2) is 0 Å². The highest BCUT2D eigenvalue weighted by Gasteiger charge is 2.33. The molecule has 2 N–H and O–H groups in total. The van der Waals surface area contributed by atoms with Crippen LogP contribution in [0.15, 0.2) is 48.5 Å². The Labute approximate surface area is 142 Å². The van der Waals surface area contributed by atoms with E-state index >= 15 is 0 Å². The van der Waals surface area contributed by atoms with E-state index in [1.807, 2.05) is 30.3 Å². The van der Waals surface area contributed by atoms with Crippen LogP contribution >= 0.6 is 11.6 Å². The Bertz CT molecular complexity index is 705. The number of anilines is 1. The summed E-state index contributed by atoms with van der Waals surface area (Å²) in [5, 5.41) is 5.22. The van der Waals surface area contributed by atoms with Crippen LogP contribution in [0, 0.1) is 0 Å². The third-order valence-corrected chi connectivity index (χ3v) is 3.64. The summed E-state index contributed by atoms with van der Waals surface area (Å²) in [5.74, 6) is -0.408. The fourth-order valence-electron chi connectivity index (χ4n) is 2.20. The summed E-state index contributed by atoms with van der Waals surface area (Å²) in [5.41, 5.74) is -0.179. The number of carbonyl (C=O) groups excluding carboxylic acids is 1. The molecule has 1 amide bonds. The number of halogens is 4. The molecule has 0 aliphatic rings. The van der Waals surface area contributed by atoms with Gasteiger partial charge in [-0.1, -0.05) is 41.9 Å². The molecule has 0 aliphatic carbocycles. The van der Waals surface area contributed by atoms with Crippen LogP contribution in [0.3, 0.4) is 0 Å². The van der Waals surface area contributed by atoms with Crippen LogP contribution in [0.25, 0.3) is 0 Å². The van der Waals surface area contributed by atoms with Gasteiger partial charge in [0.05, 0.1) is 18.2 Å². The molecular formula is C17H16ClF3N2O. The summed E-state index contributed by atoms with van der Waals surface area (Å²) in [4.78, 5) is 11.9. The molecule has 0 saturated carbocycles. The molecule has 0 fully saturated rings. The molecule has 0 saturated heterocycles. The van der Waals surface area contributed by atoms with E-state index in [4.69, 9.17) is 11.6 Å². The van der Waals surface area contributed by atoms with Crippen molar-refractivity contribution in [1.29, 1.82) is 0 Å². The third kappa shape index (κ3) is 4.89. The standard InChI is InChI=1S/C17H16ClF3N2O/c1-11(12-5-3-2-4-6-12)23-16(24)10-22-15-8-7-13(18)9-14(15)17(19,20)21/h2-9,11,22H,10H2,1H3,(H,23,24). The van der Waals surface area contributed by atoms with E-state index in [1.165, 1.54) is 12.1 Å². The molecule has 0 radical (unpaired) electrons. The molecule has 128 valence electrons. The predicted octanol–water partition coefficient (Wildman–Crippen LogP) is 4.65. The number of benzene rings is 2. The minimum Gasteiger partial charge on any atom is -0.376 e. The highest BCUT2D eigenvalue weighted by molar-refractivity contribution is 6.30. The molecule has 0 aromatic heterocycles. The van der Waals surface area contributed by atoms with E-state index in [9.17, 15) is 18.0 Å². The number of nitrogens with one attached hydrogen (secondary N) is 2. The van der Waals surface area contributed by atoms with Crippen LogP contribution in [-0.2, 0) is 11.0 Å². The molecule has 1 unspecified atom stereocenters. The van der Waals surface area contributed by atoms with Crippen molar-refractivity contribution in [3.63, 3.8) is 0 Å². The maximum absolute atomic E-state index is 13.0. The minimum absolute atomic E-state index is 0.0185. The lowest BCUT2D eigenvalue weighted by Crippen LogP contribution is -2.32. The largest absolute Gasteiger partial charge is 0.418 e. The van der Waals surface area contributed by atoms with Gasteiger partial charge in [-0.2, -0.15) is 13.2 Å². The number of amides is 1. The number of hydrogen-bond acceptors (Lipinski definition) is 2. The maximum atomic E-state index is 13.0. The van der Waals surface area contributed by atoms with Gasteiger partial charge in [0.1, 0.15) is 0 Å². The Kier molecular flexibility index (Phi) is 5.72. The van der Waals surface area contributed by atoms with Gasteiger partial charge in [-0.05, 0) is 30.7 Å². The van der Waals surface area contributed by atoms with E-state index in [0.29, 0.717) is 0 Å². The highest BCUT2D eigenvalue weighted by atomic mass is 35.5. The van der Waals surface area contributed by atoms with Crippen molar-refractivity contribution >= 4 is 23.2 Å². The molecule has 0 heterocycles. The summed E-state index contributed by atoms with van der Waals surface area (Å²) in [6.07, 6.45) is -4.55. The molecule has 3 nitrogen and oxygen atoms in total. The molecule has 0 aliphatic heterocycles. The SMILES string of the molecule is CC(NC(=O)CNc1ccc(Cl)cc1C(F)(F)F)c1ccccc1. The summed E-state index contributed by atoms with van der Waals surface area (Å²) in [6, 6.07) is 12.4. The number of carbonyl (C=O) groups is 1. The van der Waals surface area contributed by atoms with Crippen molar-refractivity contribution in [2.24, 2.45) is 0 Å². The first-order valence-electron chi connectivity index (χ1n) is 7.22. The van der Waals surface area contributed by atoms with Crippen molar-refractivity contribution in [3.8, 4) is 0 Å². The number of rotatable bonds is 5. The monoisotopic (exact) mass is 356 g/mol. The first-order chi connectivity index (χ1) is 11.3. The van der Waals surface area contributed by atoms with E-state index in [-0.39, 0.29) is 23.3 Å². The summed E-state index contributed by atoms with van der Waals surface area (Å²) < 4.78 is 39.0. The normalized spacial score (nSPS) is 12.5. The topological polar surface area (TPSA) is 41.1 Å². The summed E-state index contributed by atoms with van der Waals surface area (Å²) in [7, 11) is 0. The Morgan fingerprint density at radius 2 is 1.83 bits per heavy atom. The predicted molar refractivity (Wildman–Crippen MR) is 87.9 cm³/mol. The van der Waals surface area contributed by atoms with Crippen LogP contribution in [0.5, 0.6) is 0 Å². The first kappa shape index (κ1) is 18.1. The van der Waals surface area contributed by atoms with Gasteiger partial charge in [-0.15, -0.1) is 0 Å². The van der Waals surface area contributed by atoms with Crippen molar-refractivity contribution in [1.82, 2.24) is 5.32 Å². The first-order valence-corrected chi connectivity index (χ1v) is 7.60. The lowest BCUT2D eigenvalue weighted by Gasteiger charge is -2.17. The zero-order chi connectivity index (χ0) is 17.7. The van der Waals surface area contributed by atoms with Gasteiger partial charge >= 0.3 is 6.18 Å². The molecule has 1 atom stereocenters. The number of hydrogen-bond donors (Lipinski definition) is 2. The summed E-state index contributed by atoms with van der Waals surface area (Å²) >= 11 is 5.62. The highest BCUT2D eigenvalue weighted by Crippen LogP contribution is 2.36. The van der Waals surface area contributed by atoms with E-state index in [1.54, 1.807) is 6.92 Å². The second-order valence-electron chi connectivity index (χ2n) is 5.24. The Morgan fingerprint density at radius 3 is 2.46 bits per heavy atom. The van der Waals surface area contributed by atoms with Gasteiger partial charge in [0, 0.05) is 10.7 Å². The Hall–Kier alpha value is -2.21. The molecule has 24 heavy (non-hydrogen) atoms. The third-order valence-electron chi connectivity index (χ3n) is 3.40. The second-order valence-corrected chi connectivity index (χ2v) is 5.68. The quantitative estimate of drug-likeness (QED) is 0.818. The van der Waals surface area contributed by atoms with Crippen molar-refractivity contribution in [2.45, 2.75) is 19.1 Å². The Balaban J connectivity index is 2.00. The van der Waals surface area contributed by atoms with Gasteiger partial charge in [-0.25, -0.2) is 0 Å². The molecule has 2 aromatic carbocycles. The van der Waals surface area contributed by atoms with Crippen LogP contribution in [-0.4, -0.2) is 12.5 Å². The van der Waals surface area contributed by atoms with Crippen molar-refractivity contribution in [2.75, 3.05) is 11.9 Å². The van der Waals surface area contributed by atoms with Gasteiger partial charge < -0.3 is 10.6 Å². The van der Waals surface area contributed by atoms with E-state index in [2.05, 4.69) is 10.6 Å². The van der Waals surface area contributed by atoms with Gasteiger partial charge in [0.2, 0.25) is 5.91 Å². The average molecular weight is 357 g/mol. The Morgan fingerprint density at radius 1 is 1.17 bits per heavy atom.